The summed E-state index contributed by atoms with van der Waals surface area (Å²) in [5.74, 6) is 4.49. The van der Waals surface area contributed by atoms with Gasteiger partial charge in [0.15, 0.2) is 11.5 Å². The molecule has 1 N–H and O–H groups in total. The van der Waals surface area contributed by atoms with Crippen molar-refractivity contribution in [3.05, 3.63) is 23.7 Å². The predicted octanol–water partition coefficient (Wildman–Crippen LogP) is 3.06. The van der Waals surface area contributed by atoms with Gasteiger partial charge >= 0.3 is 0 Å². The summed E-state index contributed by atoms with van der Waals surface area (Å²) < 4.78 is 32.5. The Morgan fingerprint density at radius 2 is 1.83 bits per heavy atom. The lowest BCUT2D eigenvalue weighted by atomic mass is 9.50. The molecule has 6 rings (SSSR count). The van der Waals surface area contributed by atoms with E-state index in [2.05, 4.69) is 28.8 Å². The van der Waals surface area contributed by atoms with Crippen molar-refractivity contribution in [2.24, 2.45) is 23.2 Å². The molecule has 7 nitrogen and oxygen atoms in total. The van der Waals surface area contributed by atoms with Gasteiger partial charge in [-0.3, -0.25) is 4.40 Å². The average molecular weight is 419 g/mol. The highest BCUT2D eigenvalue weighted by atomic mass is 32.2. The van der Waals surface area contributed by atoms with Gasteiger partial charge in [0.05, 0.1) is 13.2 Å². The molecule has 29 heavy (non-hydrogen) atoms. The lowest BCUT2D eigenvalue weighted by Crippen LogP contribution is -2.48. The van der Waals surface area contributed by atoms with Crippen LogP contribution in [0.15, 0.2) is 12.3 Å². The molecule has 0 aliphatic heterocycles. The minimum Gasteiger partial charge on any atom is -0.493 e. The summed E-state index contributed by atoms with van der Waals surface area (Å²) >= 11 is 0. The van der Waals surface area contributed by atoms with Crippen LogP contribution >= 0.6 is 0 Å². The minimum absolute atomic E-state index is 0.130. The van der Waals surface area contributed by atoms with Crippen LogP contribution in [0.4, 0.5) is 0 Å². The van der Waals surface area contributed by atoms with Crippen LogP contribution in [-0.4, -0.2) is 29.6 Å². The fourth-order valence-corrected chi connectivity index (χ4v) is 6.76. The van der Waals surface area contributed by atoms with E-state index in [1.54, 1.807) is 0 Å². The second-order valence-electron chi connectivity index (χ2n) is 9.89. The lowest BCUT2D eigenvalue weighted by Gasteiger charge is -2.56. The van der Waals surface area contributed by atoms with E-state index in [9.17, 15) is 8.42 Å². The van der Waals surface area contributed by atoms with Gasteiger partial charge in [0.2, 0.25) is 10.9 Å². The quantitative estimate of drug-likeness (QED) is 0.675. The molecule has 4 saturated carbocycles. The minimum atomic E-state index is -2.66. The van der Waals surface area contributed by atoms with E-state index < -0.39 is 10.9 Å². The summed E-state index contributed by atoms with van der Waals surface area (Å²) in [5, 5.41) is 8.38. The van der Waals surface area contributed by atoms with E-state index >= 15 is 0 Å². The van der Waals surface area contributed by atoms with Crippen LogP contribution in [0.3, 0.4) is 0 Å². The third kappa shape index (κ3) is 3.65. The van der Waals surface area contributed by atoms with Crippen molar-refractivity contribution < 1.29 is 13.2 Å². The lowest BCUT2D eigenvalue weighted by molar-refractivity contribution is -0.0746. The fraction of sp³-hybridized carbons (Fsp3) is 0.714. The molecular formula is C21H30N4O3S. The zero-order valence-corrected chi connectivity index (χ0v) is 18.0. The molecule has 4 bridgehead atoms. The summed E-state index contributed by atoms with van der Waals surface area (Å²) in [6.07, 6.45) is 10.3. The largest absolute Gasteiger partial charge is 0.493 e. The van der Waals surface area contributed by atoms with E-state index in [0.29, 0.717) is 16.9 Å². The maximum absolute atomic E-state index is 10.9. The van der Waals surface area contributed by atoms with Gasteiger partial charge in [0.1, 0.15) is 5.75 Å². The van der Waals surface area contributed by atoms with Gasteiger partial charge < -0.3 is 4.74 Å². The average Bonchev–Trinajstić information content (AvgIpc) is 3.05. The summed E-state index contributed by atoms with van der Waals surface area (Å²) in [7, 11) is -2.66. The number of hydrogen-bond acceptors (Lipinski definition) is 5. The number of nitrogens with zero attached hydrogens (tertiary/aromatic N) is 3. The first kappa shape index (κ1) is 19.3. The maximum Gasteiger partial charge on any atom is 0.201 e. The van der Waals surface area contributed by atoms with Gasteiger partial charge in [0, 0.05) is 23.2 Å². The SMILES string of the molecule is CC(C)c1cn2c(CN[SH](=O)=O)nnc2cc1OCC12CC3CC(CC(C3)C1)C2. The van der Waals surface area contributed by atoms with Gasteiger partial charge in [-0.05, 0) is 62.2 Å². The molecular weight excluding hydrogens is 388 g/mol. The van der Waals surface area contributed by atoms with E-state index in [-0.39, 0.29) is 12.5 Å². The van der Waals surface area contributed by atoms with Crippen molar-refractivity contribution in [2.75, 3.05) is 6.61 Å². The summed E-state index contributed by atoms with van der Waals surface area (Å²) in [6, 6.07) is 1.96. The smallest absolute Gasteiger partial charge is 0.201 e. The van der Waals surface area contributed by atoms with Crippen molar-refractivity contribution in [1.82, 2.24) is 19.3 Å². The number of fused-ring (bicyclic) bond motifs is 1. The second kappa shape index (κ2) is 7.23. The first-order valence-electron chi connectivity index (χ1n) is 10.8. The van der Waals surface area contributed by atoms with Crippen molar-refractivity contribution in [2.45, 2.75) is 64.8 Å². The molecule has 2 aromatic heterocycles. The molecule has 4 fully saturated rings. The third-order valence-electron chi connectivity index (χ3n) is 7.29. The molecule has 0 radical (unpaired) electrons. The van der Waals surface area contributed by atoms with Crippen LogP contribution < -0.4 is 9.46 Å². The van der Waals surface area contributed by atoms with E-state index in [1.165, 1.54) is 38.5 Å². The Labute approximate surface area is 173 Å². The Kier molecular flexibility index (Phi) is 4.81. The van der Waals surface area contributed by atoms with E-state index in [0.717, 1.165) is 35.7 Å². The number of pyridine rings is 1. The summed E-state index contributed by atoms with van der Waals surface area (Å²) in [4.78, 5) is 0. The van der Waals surface area contributed by atoms with Gasteiger partial charge in [-0.2, -0.15) is 0 Å². The summed E-state index contributed by atoms with van der Waals surface area (Å²) in [5.41, 5.74) is 2.15. The van der Waals surface area contributed by atoms with Gasteiger partial charge in [0.25, 0.3) is 0 Å². The molecule has 2 heterocycles. The highest BCUT2D eigenvalue weighted by molar-refractivity contribution is 7.70. The zero-order valence-electron chi connectivity index (χ0n) is 17.1. The Balaban J connectivity index is 1.40. The number of rotatable bonds is 7. The molecule has 0 unspecified atom stereocenters. The number of thiol groups is 1. The Hall–Kier alpha value is -1.67. The molecule has 0 saturated heterocycles. The third-order valence-corrected chi connectivity index (χ3v) is 7.71. The van der Waals surface area contributed by atoms with Crippen molar-refractivity contribution in [3.8, 4) is 5.75 Å². The highest BCUT2D eigenvalue weighted by Crippen LogP contribution is 2.60. The van der Waals surface area contributed by atoms with Crippen molar-refractivity contribution in [1.29, 1.82) is 0 Å². The van der Waals surface area contributed by atoms with Gasteiger partial charge in [-0.15, -0.1) is 10.2 Å². The summed E-state index contributed by atoms with van der Waals surface area (Å²) in [6.45, 7) is 5.22. The van der Waals surface area contributed by atoms with Gasteiger partial charge in [-0.25, -0.2) is 13.1 Å². The first-order valence-corrected chi connectivity index (χ1v) is 12.0. The van der Waals surface area contributed by atoms with Crippen LogP contribution in [0.5, 0.6) is 5.75 Å². The van der Waals surface area contributed by atoms with E-state index in [4.69, 9.17) is 4.74 Å². The first-order chi connectivity index (χ1) is 13.9. The van der Waals surface area contributed by atoms with Crippen LogP contribution in [-0.2, 0) is 17.4 Å². The molecule has 4 aliphatic carbocycles. The van der Waals surface area contributed by atoms with Crippen LogP contribution in [0, 0.1) is 23.2 Å². The van der Waals surface area contributed by atoms with Crippen molar-refractivity contribution in [3.63, 3.8) is 0 Å². The topological polar surface area (TPSA) is 85.6 Å². The number of aromatic nitrogens is 3. The molecule has 0 aromatic carbocycles. The van der Waals surface area contributed by atoms with Gasteiger partial charge in [-0.1, -0.05) is 13.8 Å². The second-order valence-corrected chi connectivity index (χ2v) is 10.7. The Morgan fingerprint density at radius 1 is 1.17 bits per heavy atom. The maximum atomic E-state index is 10.9. The van der Waals surface area contributed by atoms with Crippen LogP contribution in [0.1, 0.15) is 69.7 Å². The molecule has 2 aromatic rings. The Morgan fingerprint density at radius 3 is 2.41 bits per heavy atom. The molecule has 158 valence electrons. The number of hydrogen-bond donors (Lipinski definition) is 2. The molecule has 0 spiro atoms. The Bertz CT molecular complexity index is 954. The standard InChI is InChI=1S/C21H30N4O3S/c1-13(2)17-11-25-19(23-24-20(25)10-22-29(26)27)6-18(17)28-12-21-7-14-3-15(8-21)5-16(4-14)9-21/h6,11,13-16,29H,3-5,7-10,12H2,1-2H3,(H,22,26,27). The number of ether oxygens (including phenoxy) is 1. The van der Waals surface area contributed by atoms with Crippen LogP contribution in [0.25, 0.3) is 5.65 Å². The highest BCUT2D eigenvalue weighted by Gasteiger charge is 2.51. The van der Waals surface area contributed by atoms with Crippen LogP contribution in [0.2, 0.25) is 0 Å². The van der Waals surface area contributed by atoms with E-state index in [1.807, 2.05) is 16.7 Å². The fourth-order valence-electron chi connectivity index (χ4n) is 6.49. The number of nitrogens with one attached hydrogen (secondary N) is 1. The molecule has 0 atom stereocenters. The molecule has 8 heteroatoms. The molecule has 4 aliphatic rings. The monoisotopic (exact) mass is 418 g/mol. The molecule has 0 amide bonds. The van der Waals surface area contributed by atoms with Crippen molar-refractivity contribution >= 4 is 16.5 Å². The predicted molar refractivity (Wildman–Crippen MR) is 110 cm³/mol. The zero-order chi connectivity index (χ0) is 20.2. The normalized spacial score (nSPS) is 30.7.